The average Bonchev–Trinajstić information content (AvgIpc) is 3.03. The summed E-state index contributed by atoms with van der Waals surface area (Å²) >= 11 is 0. The second-order valence-electron chi connectivity index (χ2n) is 9.54. The van der Waals surface area contributed by atoms with Crippen LogP contribution in [0, 0.1) is 12.8 Å². The molecule has 0 bridgehead atoms. The molecule has 6 nitrogen and oxygen atoms in total. The summed E-state index contributed by atoms with van der Waals surface area (Å²) in [5, 5.41) is 11.2. The summed E-state index contributed by atoms with van der Waals surface area (Å²) < 4.78 is 0. The van der Waals surface area contributed by atoms with E-state index in [0.717, 1.165) is 22.4 Å². The lowest BCUT2D eigenvalue weighted by Crippen LogP contribution is -2.45. The number of aliphatic carboxylic acids is 1. The second-order valence-corrected chi connectivity index (χ2v) is 9.54. The van der Waals surface area contributed by atoms with Gasteiger partial charge in [0.2, 0.25) is 5.91 Å². The van der Waals surface area contributed by atoms with E-state index in [2.05, 4.69) is 0 Å². The molecule has 1 aliphatic carbocycles. The molecule has 1 amide bonds. The number of ketones is 1. The number of aliphatic imine (C=N–C) groups is 1. The van der Waals surface area contributed by atoms with Crippen molar-refractivity contribution in [3.8, 4) is 0 Å². The zero-order valence-electron chi connectivity index (χ0n) is 20.1. The first kappa shape index (κ1) is 23.7. The van der Waals surface area contributed by atoms with Crippen molar-refractivity contribution >= 4 is 34.7 Å². The number of nitrogens with zero attached hydrogens (tertiary/aromatic N) is 2. The Morgan fingerprint density at radius 3 is 2.31 bits per heavy atom. The fourth-order valence-corrected chi connectivity index (χ4v) is 5.38. The molecule has 0 aromatic heterocycles. The van der Waals surface area contributed by atoms with Crippen LogP contribution in [-0.2, 0) is 14.4 Å². The summed E-state index contributed by atoms with van der Waals surface area (Å²) in [7, 11) is 0. The molecule has 3 aromatic carbocycles. The number of Topliss-reactive ketones (excluding diaryl/α,β-unsaturated/α-hetero) is 1. The van der Waals surface area contributed by atoms with Crippen molar-refractivity contribution in [2.75, 3.05) is 4.90 Å². The molecule has 0 radical (unpaired) electrons. The summed E-state index contributed by atoms with van der Waals surface area (Å²) in [6.45, 7) is 1.98. The third kappa shape index (κ3) is 4.59. The van der Waals surface area contributed by atoms with Crippen molar-refractivity contribution in [1.29, 1.82) is 0 Å². The highest BCUT2D eigenvalue weighted by Crippen LogP contribution is 2.47. The van der Waals surface area contributed by atoms with Gasteiger partial charge in [-0.15, -0.1) is 0 Å². The predicted molar refractivity (Wildman–Crippen MR) is 136 cm³/mol. The van der Waals surface area contributed by atoms with Crippen molar-refractivity contribution in [1.82, 2.24) is 0 Å². The Morgan fingerprint density at radius 1 is 0.889 bits per heavy atom. The van der Waals surface area contributed by atoms with E-state index in [0.29, 0.717) is 24.2 Å². The average molecular weight is 480 g/mol. The summed E-state index contributed by atoms with van der Waals surface area (Å²) in [5.74, 6) is -2.22. The SMILES string of the molecule is Cc1ccc([C@H]2[C@@H]3C(=O)C[C@@H](c4ccccc4)CC3=Nc3ccccc3N2C(=O)CCC(=O)[O-])cc1. The molecule has 5 rings (SSSR count). The van der Waals surface area contributed by atoms with Crippen LogP contribution >= 0.6 is 0 Å². The van der Waals surface area contributed by atoms with Crippen molar-refractivity contribution in [2.24, 2.45) is 10.9 Å². The van der Waals surface area contributed by atoms with Gasteiger partial charge in [0.05, 0.1) is 23.3 Å². The molecule has 36 heavy (non-hydrogen) atoms. The van der Waals surface area contributed by atoms with E-state index >= 15 is 0 Å². The number of carboxylic acid groups (broad SMARTS) is 1. The summed E-state index contributed by atoms with van der Waals surface area (Å²) in [4.78, 5) is 45.3. The van der Waals surface area contributed by atoms with Crippen LogP contribution in [0.15, 0.2) is 83.9 Å². The normalized spacial score (nSPS) is 21.1. The van der Waals surface area contributed by atoms with Gasteiger partial charge in [-0.3, -0.25) is 14.6 Å². The first-order chi connectivity index (χ1) is 17.4. The number of anilines is 1. The van der Waals surface area contributed by atoms with Crippen LogP contribution in [0.1, 0.15) is 54.3 Å². The second kappa shape index (κ2) is 9.90. The Hall–Kier alpha value is -4.06. The van der Waals surface area contributed by atoms with Crippen LogP contribution in [0.2, 0.25) is 0 Å². The van der Waals surface area contributed by atoms with E-state index in [1.807, 2.05) is 85.8 Å². The van der Waals surface area contributed by atoms with E-state index in [1.54, 1.807) is 4.90 Å². The number of para-hydroxylation sites is 2. The molecule has 3 atom stereocenters. The topological polar surface area (TPSA) is 89.9 Å². The highest BCUT2D eigenvalue weighted by Gasteiger charge is 2.46. The molecule has 0 N–H and O–H groups in total. The lowest BCUT2D eigenvalue weighted by Gasteiger charge is -2.39. The lowest BCUT2D eigenvalue weighted by atomic mass is 9.72. The van der Waals surface area contributed by atoms with E-state index in [9.17, 15) is 19.5 Å². The van der Waals surface area contributed by atoms with Gasteiger partial charge in [-0.1, -0.05) is 72.3 Å². The monoisotopic (exact) mass is 479 g/mol. The molecule has 0 saturated heterocycles. The molecule has 3 aromatic rings. The highest BCUT2D eigenvalue weighted by molar-refractivity contribution is 6.13. The zero-order valence-corrected chi connectivity index (χ0v) is 20.1. The number of hydrogen-bond acceptors (Lipinski definition) is 5. The van der Waals surface area contributed by atoms with Crippen LogP contribution in [-0.4, -0.2) is 23.4 Å². The first-order valence-electron chi connectivity index (χ1n) is 12.2. The quantitative estimate of drug-likeness (QED) is 0.541. The molecule has 182 valence electrons. The van der Waals surface area contributed by atoms with E-state index in [4.69, 9.17) is 4.99 Å². The smallest absolute Gasteiger partial charge is 0.228 e. The van der Waals surface area contributed by atoms with Crippen LogP contribution in [0.5, 0.6) is 0 Å². The molecule has 2 aliphatic rings. The Labute approximate surface area is 210 Å². The van der Waals surface area contributed by atoms with Gasteiger partial charge in [0.1, 0.15) is 5.78 Å². The van der Waals surface area contributed by atoms with Crippen molar-refractivity contribution in [2.45, 2.75) is 44.6 Å². The van der Waals surface area contributed by atoms with E-state index in [1.165, 1.54) is 0 Å². The number of benzene rings is 3. The largest absolute Gasteiger partial charge is 0.550 e. The van der Waals surface area contributed by atoms with Crippen molar-refractivity contribution in [3.63, 3.8) is 0 Å². The molecule has 1 saturated carbocycles. The summed E-state index contributed by atoms with van der Waals surface area (Å²) in [6, 6.07) is 24.5. The number of carboxylic acids is 1. The number of rotatable bonds is 5. The van der Waals surface area contributed by atoms with Gasteiger partial charge >= 0.3 is 0 Å². The Balaban J connectivity index is 1.66. The maximum Gasteiger partial charge on any atom is 0.228 e. The van der Waals surface area contributed by atoms with E-state index < -0.39 is 17.9 Å². The molecular weight excluding hydrogens is 452 g/mol. The van der Waals surface area contributed by atoms with Gasteiger partial charge in [-0.25, -0.2) is 0 Å². The Kier molecular flexibility index (Phi) is 6.51. The molecule has 0 unspecified atom stereocenters. The van der Waals surface area contributed by atoms with Gasteiger partial charge in [0, 0.05) is 24.5 Å². The summed E-state index contributed by atoms with van der Waals surface area (Å²) in [5.41, 5.74) is 4.93. The van der Waals surface area contributed by atoms with Crippen molar-refractivity contribution in [3.05, 3.63) is 95.6 Å². The first-order valence-corrected chi connectivity index (χ1v) is 12.2. The Bertz CT molecular complexity index is 1330. The lowest BCUT2D eigenvalue weighted by molar-refractivity contribution is -0.305. The number of carbonyl (C=O) groups is 3. The molecule has 1 heterocycles. The Morgan fingerprint density at radius 2 is 1.58 bits per heavy atom. The number of amides is 1. The summed E-state index contributed by atoms with van der Waals surface area (Å²) in [6.07, 6.45) is 0.355. The number of hydrogen-bond donors (Lipinski definition) is 0. The predicted octanol–water partition coefficient (Wildman–Crippen LogP) is 4.45. The maximum absolute atomic E-state index is 13.9. The van der Waals surface area contributed by atoms with E-state index in [-0.39, 0.29) is 30.4 Å². The fraction of sp³-hybridized carbons (Fsp3) is 0.267. The minimum atomic E-state index is -1.28. The van der Waals surface area contributed by atoms with Gasteiger partial charge in [0.15, 0.2) is 0 Å². The molecule has 1 fully saturated rings. The van der Waals surface area contributed by atoms with Gasteiger partial charge in [0.25, 0.3) is 0 Å². The minimum absolute atomic E-state index is 0.0138. The molecule has 6 heteroatoms. The molecule has 1 aliphatic heterocycles. The van der Waals surface area contributed by atoms with Crippen LogP contribution < -0.4 is 10.0 Å². The van der Waals surface area contributed by atoms with Gasteiger partial charge < -0.3 is 14.8 Å². The maximum atomic E-state index is 13.9. The highest BCUT2D eigenvalue weighted by atomic mass is 16.4. The van der Waals surface area contributed by atoms with Crippen LogP contribution in [0.25, 0.3) is 0 Å². The van der Waals surface area contributed by atoms with Crippen LogP contribution in [0.3, 0.4) is 0 Å². The fourth-order valence-electron chi connectivity index (χ4n) is 5.38. The van der Waals surface area contributed by atoms with Crippen LogP contribution in [0.4, 0.5) is 11.4 Å². The zero-order chi connectivity index (χ0) is 25.2. The number of fused-ring (bicyclic) bond motifs is 2. The number of aryl methyl sites for hydroxylation is 1. The third-order valence-corrected chi connectivity index (χ3v) is 7.11. The molecular formula is C30H27N2O4-. The number of carbonyl (C=O) groups excluding carboxylic acids is 3. The molecule has 0 spiro atoms. The standard InChI is InChI=1S/C30H28N2O4/c1-19-11-13-21(14-12-19)30-29-24(17-22(18-26(29)33)20-7-3-2-4-8-20)31-23-9-5-6-10-25(23)32(30)27(34)15-16-28(35)36/h2-14,22,29-30H,15-18H2,1H3,(H,35,36)/p-1/t22-,29-,30-/m0/s1. The minimum Gasteiger partial charge on any atom is -0.550 e. The van der Waals surface area contributed by atoms with Crippen molar-refractivity contribution < 1.29 is 19.5 Å². The van der Waals surface area contributed by atoms with Gasteiger partial charge in [-0.05, 0) is 48.9 Å². The third-order valence-electron chi connectivity index (χ3n) is 7.11. The van der Waals surface area contributed by atoms with Gasteiger partial charge in [-0.2, -0.15) is 0 Å².